The number of nitrogens with zero attached hydrogens (tertiary/aromatic N) is 2. The van der Waals surface area contributed by atoms with Gasteiger partial charge in [-0.05, 0) is 74.2 Å². The van der Waals surface area contributed by atoms with E-state index in [1.165, 1.54) is 23.3 Å². The van der Waals surface area contributed by atoms with E-state index in [9.17, 15) is 18.0 Å². The highest BCUT2D eigenvalue weighted by Crippen LogP contribution is 2.39. The number of amides is 1. The summed E-state index contributed by atoms with van der Waals surface area (Å²) in [6.07, 6.45) is -3.53. The number of carbonyl (C=O) groups is 1. The summed E-state index contributed by atoms with van der Waals surface area (Å²) < 4.78 is 49.6. The van der Waals surface area contributed by atoms with Gasteiger partial charge in [-0.2, -0.15) is 13.2 Å². The predicted octanol–water partition coefficient (Wildman–Crippen LogP) is 4.60. The molecule has 202 valence electrons. The van der Waals surface area contributed by atoms with Gasteiger partial charge in [0, 0.05) is 57.0 Å². The number of carbonyl (C=O) groups excluding carboxylic acids is 1. The first-order valence-corrected chi connectivity index (χ1v) is 12.8. The topological polar surface area (TPSA) is 54.0 Å². The van der Waals surface area contributed by atoms with Gasteiger partial charge >= 0.3 is 6.18 Å². The molecule has 0 aliphatic carbocycles. The van der Waals surface area contributed by atoms with Gasteiger partial charge in [-0.15, -0.1) is 0 Å². The summed E-state index contributed by atoms with van der Waals surface area (Å²) in [6.45, 7) is 10.5. The first-order chi connectivity index (χ1) is 17.6. The third kappa shape index (κ3) is 5.94. The van der Waals surface area contributed by atoms with Crippen LogP contribution in [0.1, 0.15) is 52.0 Å². The molecular weight excluding hydrogens is 483 g/mol. The number of hydrogen-bond acceptors (Lipinski definition) is 5. The molecule has 6 nitrogen and oxygen atoms in total. The number of likely N-dealkylation sites (tertiary alicyclic amines) is 2. The number of fused-ring (bicyclic) bond motifs is 2. The van der Waals surface area contributed by atoms with Crippen LogP contribution >= 0.6 is 0 Å². The molecule has 2 fully saturated rings. The molecule has 2 aromatic carbocycles. The van der Waals surface area contributed by atoms with Crippen molar-refractivity contribution in [2.45, 2.75) is 51.5 Å². The normalized spacial score (nSPS) is 20.5. The second-order valence-electron chi connectivity index (χ2n) is 9.94. The lowest BCUT2D eigenvalue weighted by Crippen LogP contribution is -2.49. The van der Waals surface area contributed by atoms with Gasteiger partial charge in [-0.3, -0.25) is 9.69 Å². The van der Waals surface area contributed by atoms with E-state index in [4.69, 9.17) is 9.47 Å². The van der Waals surface area contributed by atoms with Gasteiger partial charge in [0.05, 0.1) is 12.2 Å². The Hall–Kier alpha value is -2.62. The summed E-state index contributed by atoms with van der Waals surface area (Å²) in [7, 11) is 1.68. The Kier molecular flexibility index (Phi) is 8.46. The minimum atomic E-state index is -4.41. The monoisotopic (exact) mass is 519 g/mol. The fraction of sp³-hybridized carbons (Fsp3) is 0.536. The van der Waals surface area contributed by atoms with E-state index in [1.54, 1.807) is 7.11 Å². The van der Waals surface area contributed by atoms with Crippen molar-refractivity contribution in [3.63, 3.8) is 0 Å². The van der Waals surface area contributed by atoms with Gasteiger partial charge in [0.2, 0.25) is 0 Å². The fourth-order valence-corrected chi connectivity index (χ4v) is 5.53. The predicted molar refractivity (Wildman–Crippen MR) is 136 cm³/mol. The molecule has 4 rings (SSSR count). The van der Waals surface area contributed by atoms with Crippen LogP contribution in [0.3, 0.4) is 0 Å². The number of nitrogens with one attached hydrogen (secondary N) is 1. The molecule has 2 aliphatic rings. The molecule has 2 bridgehead atoms. The molecule has 2 heterocycles. The van der Waals surface area contributed by atoms with E-state index in [2.05, 4.69) is 37.1 Å². The second kappa shape index (κ2) is 11.4. The van der Waals surface area contributed by atoms with Gasteiger partial charge in [-0.1, -0.05) is 6.07 Å². The van der Waals surface area contributed by atoms with Crippen molar-refractivity contribution >= 4 is 5.91 Å². The summed E-state index contributed by atoms with van der Waals surface area (Å²) in [5, 5.41) is 3.27. The second-order valence-corrected chi connectivity index (χ2v) is 9.94. The molecule has 3 atom stereocenters. The molecule has 2 aromatic rings. The largest absolute Gasteiger partial charge is 0.492 e. The summed E-state index contributed by atoms with van der Waals surface area (Å²) in [5.74, 6) is 0.692. The summed E-state index contributed by atoms with van der Waals surface area (Å²) >= 11 is 0. The quantitative estimate of drug-likeness (QED) is 0.465. The first kappa shape index (κ1) is 27.4. The summed E-state index contributed by atoms with van der Waals surface area (Å²) in [6, 6.07) is 9.17. The van der Waals surface area contributed by atoms with E-state index in [-0.39, 0.29) is 24.0 Å². The smallest absolute Gasteiger partial charge is 0.416 e. The fourth-order valence-electron chi connectivity index (χ4n) is 5.53. The van der Waals surface area contributed by atoms with Crippen LogP contribution in [0.4, 0.5) is 13.2 Å². The lowest BCUT2D eigenvalue weighted by Gasteiger charge is -2.38. The molecule has 1 amide bonds. The van der Waals surface area contributed by atoms with Crippen LogP contribution in [0.5, 0.6) is 5.75 Å². The van der Waals surface area contributed by atoms with Crippen LogP contribution in [0.25, 0.3) is 0 Å². The maximum atomic E-state index is 13.0. The molecule has 1 N–H and O–H groups in total. The standard InChI is InChI=1S/C28H36F3N3O3/c1-18-19(2)26(37-14-12-32-11-13-36-4)10-9-25(18)20(3)33-16-24-15-23(33)17-34(24)27(35)21-5-7-22(8-6-21)28(29,30)31/h5-10,20,23-24,32H,11-17H2,1-4H3/t20-,23-,24-/m0/s1. The molecule has 37 heavy (non-hydrogen) atoms. The van der Waals surface area contributed by atoms with Crippen molar-refractivity contribution in [3.8, 4) is 5.75 Å². The van der Waals surface area contributed by atoms with Crippen LogP contribution in [-0.2, 0) is 10.9 Å². The number of alkyl halides is 3. The number of hydrogen-bond donors (Lipinski definition) is 1. The van der Waals surface area contributed by atoms with Crippen LogP contribution in [0.15, 0.2) is 36.4 Å². The molecule has 9 heteroatoms. The van der Waals surface area contributed by atoms with E-state index in [1.807, 2.05) is 11.0 Å². The first-order valence-electron chi connectivity index (χ1n) is 12.8. The van der Waals surface area contributed by atoms with Gasteiger partial charge in [-0.25, -0.2) is 0 Å². The molecule has 0 spiro atoms. The van der Waals surface area contributed by atoms with Crippen molar-refractivity contribution in [1.29, 1.82) is 0 Å². The Bertz CT molecular complexity index is 1090. The maximum Gasteiger partial charge on any atom is 0.416 e. The van der Waals surface area contributed by atoms with Crippen molar-refractivity contribution in [2.24, 2.45) is 0 Å². The number of ether oxygens (including phenoxy) is 2. The molecule has 0 saturated carbocycles. The van der Waals surface area contributed by atoms with Crippen molar-refractivity contribution in [3.05, 3.63) is 64.2 Å². The van der Waals surface area contributed by atoms with Gasteiger partial charge in [0.25, 0.3) is 5.91 Å². The Morgan fingerprint density at radius 1 is 1.03 bits per heavy atom. The highest BCUT2D eigenvalue weighted by Gasteiger charge is 2.47. The third-order valence-electron chi connectivity index (χ3n) is 7.75. The molecule has 0 radical (unpaired) electrons. The summed E-state index contributed by atoms with van der Waals surface area (Å²) in [4.78, 5) is 17.3. The molecular formula is C28H36F3N3O3. The zero-order valence-electron chi connectivity index (χ0n) is 21.9. The van der Waals surface area contributed by atoms with Crippen LogP contribution in [0, 0.1) is 13.8 Å². The Balaban J connectivity index is 1.36. The molecule has 2 saturated heterocycles. The van der Waals surface area contributed by atoms with Crippen LogP contribution < -0.4 is 10.1 Å². The van der Waals surface area contributed by atoms with E-state index in [0.717, 1.165) is 49.5 Å². The van der Waals surface area contributed by atoms with Crippen molar-refractivity contribution < 1.29 is 27.4 Å². The van der Waals surface area contributed by atoms with Gasteiger partial charge in [0.15, 0.2) is 0 Å². The Morgan fingerprint density at radius 3 is 2.35 bits per heavy atom. The number of piperazine rings is 1. The van der Waals surface area contributed by atoms with Gasteiger partial charge in [0.1, 0.15) is 12.4 Å². The van der Waals surface area contributed by atoms with Crippen molar-refractivity contribution in [1.82, 2.24) is 15.1 Å². The number of benzene rings is 2. The number of rotatable bonds is 10. The van der Waals surface area contributed by atoms with E-state index in [0.29, 0.717) is 25.3 Å². The SMILES string of the molecule is COCCNCCOc1ccc([C@H](C)N2C[C@@H]3C[C@H]2CN3C(=O)c2ccc(C(F)(F)F)cc2)c(C)c1C. The minimum absolute atomic E-state index is 0.0665. The minimum Gasteiger partial charge on any atom is -0.492 e. The Labute approximate surface area is 216 Å². The maximum absolute atomic E-state index is 13.0. The third-order valence-corrected chi connectivity index (χ3v) is 7.75. The van der Waals surface area contributed by atoms with E-state index >= 15 is 0 Å². The molecule has 0 unspecified atom stereocenters. The Morgan fingerprint density at radius 2 is 1.73 bits per heavy atom. The van der Waals surface area contributed by atoms with Crippen molar-refractivity contribution in [2.75, 3.05) is 46.5 Å². The highest BCUT2D eigenvalue weighted by atomic mass is 19.4. The van der Waals surface area contributed by atoms with Gasteiger partial charge < -0.3 is 19.7 Å². The van der Waals surface area contributed by atoms with E-state index < -0.39 is 11.7 Å². The molecule has 0 aromatic heterocycles. The van der Waals surface area contributed by atoms with Crippen LogP contribution in [-0.4, -0.2) is 74.3 Å². The lowest BCUT2D eigenvalue weighted by atomic mass is 9.96. The average molecular weight is 520 g/mol. The highest BCUT2D eigenvalue weighted by molar-refractivity contribution is 5.94. The average Bonchev–Trinajstić information content (AvgIpc) is 3.49. The lowest BCUT2D eigenvalue weighted by molar-refractivity contribution is -0.137. The molecule has 2 aliphatic heterocycles. The zero-order valence-corrected chi connectivity index (χ0v) is 21.9. The van der Waals surface area contributed by atoms with Crippen LogP contribution in [0.2, 0.25) is 0 Å². The zero-order chi connectivity index (χ0) is 26.7. The number of halogens is 3. The summed E-state index contributed by atoms with van der Waals surface area (Å²) in [5.41, 5.74) is 3.14. The number of methoxy groups -OCH3 is 1.